The van der Waals surface area contributed by atoms with Crippen molar-refractivity contribution in [2.24, 2.45) is 0 Å². The molecule has 2 rings (SSSR count). The number of carbonyl (C=O) groups excluding carboxylic acids is 1. The van der Waals surface area contributed by atoms with E-state index in [1.165, 1.54) is 0 Å². The maximum atomic E-state index is 12.5. The van der Waals surface area contributed by atoms with Crippen LogP contribution in [0.15, 0.2) is 22.7 Å². The number of hydrogen-bond acceptors (Lipinski definition) is 3. The predicted molar refractivity (Wildman–Crippen MR) is 77.0 cm³/mol. The highest BCUT2D eigenvalue weighted by atomic mass is 79.9. The standard InChI is InChI=1S/C14H16BrNO4/c1-20-12-5-4-9(7-11(12)15)14(19)16-6-2-3-10(16)8-13(17)18/h4-5,7,10H,2-3,6,8H2,1H3,(H,17,18). The first-order valence-electron chi connectivity index (χ1n) is 6.39. The lowest BCUT2D eigenvalue weighted by Crippen LogP contribution is -2.36. The van der Waals surface area contributed by atoms with Gasteiger partial charge in [-0.25, -0.2) is 0 Å². The first kappa shape index (κ1) is 14.8. The van der Waals surface area contributed by atoms with Crippen LogP contribution >= 0.6 is 15.9 Å². The molecule has 1 aliphatic heterocycles. The minimum Gasteiger partial charge on any atom is -0.496 e. The van der Waals surface area contributed by atoms with Crippen LogP contribution in [-0.4, -0.2) is 41.6 Å². The molecule has 0 spiro atoms. The van der Waals surface area contributed by atoms with E-state index in [1.54, 1.807) is 30.2 Å². The molecule has 1 fully saturated rings. The maximum Gasteiger partial charge on any atom is 0.305 e. The van der Waals surface area contributed by atoms with Crippen molar-refractivity contribution in [2.45, 2.75) is 25.3 Å². The molecule has 1 aromatic rings. The molecule has 0 aromatic heterocycles. The van der Waals surface area contributed by atoms with Gasteiger partial charge in [0.2, 0.25) is 0 Å². The lowest BCUT2D eigenvalue weighted by Gasteiger charge is -2.23. The predicted octanol–water partition coefficient (Wildman–Crippen LogP) is 2.54. The zero-order valence-electron chi connectivity index (χ0n) is 11.1. The molecule has 5 nitrogen and oxygen atoms in total. The molecule has 0 bridgehead atoms. The number of nitrogens with zero attached hydrogens (tertiary/aromatic N) is 1. The first-order valence-corrected chi connectivity index (χ1v) is 7.18. The number of hydrogen-bond donors (Lipinski definition) is 1. The molecule has 20 heavy (non-hydrogen) atoms. The Balaban J connectivity index is 2.18. The van der Waals surface area contributed by atoms with Gasteiger partial charge in [-0.05, 0) is 47.0 Å². The Kier molecular flexibility index (Phi) is 4.65. The molecule has 1 heterocycles. The van der Waals surface area contributed by atoms with Crippen molar-refractivity contribution >= 4 is 27.8 Å². The maximum absolute atomic E-state index is 12.5. The molecule has 1 unspecified atom stereocenters. The second-order valence-corrected chi connectivity index (χ2v) is 5.60. The van der Waals surface area contributed by atoms with Crippen LogP contribution in [0.1, 0.15) is 29.6 Å². The molecule has 108 valence electrons. The summed E-state index contributed by atoms with van der Waals surface area (Å²) in [7, 11) is 1.56. The summed E-state index contributed by atoms with van der Waals surface area (Å²) in [6.45, 7) is 0.612. The third kappa shape index (κ3) is 3.12. The van der Waals surface area contributed by atoms with E-state index in [0.717, 1.165) is 12.8 Å². The van der Waals surface area contributed by atoms with Crippen LogP contribution in [0.4, 0.5) is 0 Å². The van der Waals surface area contributed by atoms with Crippen LogP contribution in [0.3, 0.4) is 0 Å². The van der Waals surface area contributed by atoms with Gasteiger partial charge in [-0.15, -0.1) is 0 Å². The molecule has 1 aliphatic rings. The number of halogens is 1. The third-order valence-electron chi connectivity index (χ3n) is 3.45. The highest BCUT2D eigenvalue weighted by molar-refractivity contribution is 9.10. The zero-order chi connectivity index (χ0) is 14.7. The minimum absolute atomic E-state index is 0.00304. The summed E-state index contributed by atoms with van der Waals surface area (Å²) in [6, 6.07) is 4.92. The number of carboxylic acids is 1. The van der Waals surface area contributed by atoms with Crippen molar-refractivity contribution in [3.05, 3.63) is 28.2 Å². The number of carbonyl (C=O) groups is 2. The summed E-state index contributed by atoms with van der Waals surface area (Å²) in [5.74, 6) is -0.340. The van der Waals surface area contributed by atoms with Crippen LogP contribution in [0.5, 0.6) is 5.75 Å². The van der Waals surface area contributed by atoms with E-state index < -0.39 is 5.97 Å². The Morgan fingerprint density at radius 3 is 2.85 bits per heavy atom. The average Bonchev–Trinajstić information content (AvgIpc) is 2.85. The van der Waals surface area contributed by atoms with Crippen molar-refractivity contribution in [3.63, 3.8) is 0 Å². The van der Waals surface area contributed by atoms with E-state index in [4.69, 9.17) is 9.84 Å². The second kappa shape index (κ2) is 6.26. The molecule has 1 atom stereocenters. The van der Waals surface area contributed by atoms with Gasteiger partial charge in [0.1, 0.15) is 5.75 Å². The molecular weight excluding hydrogens is 326 g/mol. The van der Waals surface area contributed by atoms with Crippen LogP contribution in [0.25, 0.3) is 0 Å². The summed E-state index contributed by atoms with van der Waals surface area (Å²) in [5.41, 5.74) is 0.537. The minimum atomic E-state index is -0.870. The van der Waals surface area contributed by atoms with Crippen LogP contribution in [0.2, 0.25) is 0 Å². The van der Waals surface area contributed by atoms with E-state index in [2.05, 4.69) is 15.9 Å². The molecule has 6 heteroatoms. The van der Waals surface area contributed by atoms with Gasteiger partial charge in [-0.3, -0.25) is 9.59 Å². The smallest absolute Gasteiger partial charge is 0.305 e. The molecule has 1 N–H and O–H groups in total. The highest BCUT2D eigenvalue weighted by Gasteiger charge is 2.31. The molecule has 1 aromatic carbocycles. The molecule has 1 amide bonds. The topological polar surface area (TPSA) is 66.8 Å². The number of rotatable bonds is 4. The Labute approximate surface area is 125 Å². The van der Waals surface area contributed by atoms with Gasteiger partial charge in [0.15, 0.2) is 0 Å². The highest BCUT2D eigenvalue weighted by Crippen LogP contribution is 2.28. The number of likely N-dealkylation sites (tertiary alicyclic amines) is 1. The number of aliphatic carboxylic acids is 1. The number of methoxy groups -OCH3 is 1. The average molecular weight is 342 g/mol. The number of ether oxygens (including phenoxy) is 1. The van der Waals surface area contributed by atoms with Gasteiger partial charge in [0, 0.05) is 18.2 Å². The SMILES string of the molecule is COc1ccc(C(=O)N2CCCC2CC(=O)O)cc1Br. The Morgan fingerprint density at radius 2 is 2.25 bits per heavy atom. The number of benzene rings is 1. The number of amides is 1. The summed E-state index contributed by atoms with van der Waals surface area (Å²) < 4.78 is 5.84. The second-order valence-electron chi connectivity index (χ2n) is 4.74. The van der Waals surface area contributed by atoms with Crippen molar-refractivity contribution in [2.75, 3.05) is 13.7 Å². The normalized spacial score (nSPS) is 18.1. The quantitative estimate of drug-likeness (QED) is 0.913. The van der Waals surface area contributed by atoms with E-state index in [9.17, 15) is 9.59 Å². The van der Waals surface area contributed by atoms with Crippen LogP contribution < -0.4 is 4.74 Å². The molecular formula is C14H16BrNO4. The van der Waals surface area contributed by atoms with Crippen molar-refractivity contribution in [1.82, 2.24) is 4.90 Å². The largest absolute Gasteiger partial charge is 0.496 e. The fourth-order valence-corrected chi connectivity index (χ4v) is 3.02. The Morgan fingerprint density at radius 1 is 1.50 bits per heavy atom. The van der Waals surface area contributed by atoms with Gasteiger partial charge >= 0.3 is 5.97 Å². The lowest BCUT2D eigenvalue weighted by atomic mass is 10.1. The van der Waals surface area contributed by atoms with E-state index in [-0.39, 0.29) is 18.4 Å². The van der Waals surface area contributed by atoms with E-state index in [1.807, 2.05) is 0 Å². The monoisotopic (exact) mass is 341 g/mol. The summed E-state index contributed by atoms with van der Waals surface area (Å²) >= 11 is 3.35. The third-order valence-corrected chi connectivity index (χ3v) is 4.07. The van der Waals surface area contributed by atoms with Gasteiger partial charge in [-0.2, -0.15) is 0 Å². The van der Waals surface area contributed by atoms with E-state index in [0.29, 0.717) is 22.3 Å². The molecule has 0 saturated carbocycles. The Bertz CT molecular complexity index is 532. The first-order chi connectivity index (χ1) is 9.52. The molecule has 1 saturated heterocycles. The summed E-state index contributed by atoms with van der Waals surface area (Å²) in [5, 5.41) is 8.89. The van der Waals surface area contributed by atoms with Crippen molar-refractivity contribution in [3.8, 4) is 5.75 Å². The summed E-state index contributed by atoms with van der Waals surface area (Å²) in [4.78, 5) is 25.0. The molecule has 0 aliphatic carbocycles. The zero-order valence-corrected chi connectivity index (χ0v) is 12.7. The summed E-state index contributed by atoms with van der Waals surface area (Å²) in [6.07, 6.45) is 1.60. The van der Waals surface area contributed by atoms with Crippen molar-refractivity contribution < 1.29 is 19.4 Å². The fourth-order valence-electron chi connectivity index (χ4n) is 2.48. The number of carboxylic acid groups (broad SMARTS) is 1. The van der Waals surface area contributed by atoms with Crippen LogP contribution in [0, 0.1) is 0 Å². The van der Waals surface area contributed by atoms with Gasteiger partial charge in [0.25, 0.3) is 5.91 Å². The van der Waals surface area contributed by atoms with Gasteiger partial charge < -0.3 is 14.7 Å². The fraction of sp³-hybridized carbons (Fsp3) is 0.429. The van der Waals surface area contributed by atoms with Gasteiger partial charge in [-0.1, -0.05) is 0 Å². The van der Waals surface area contributed by atoms with Crippen molar-refractivity contribution in [1.29, 1.82) is 0 Å². The Hall–Kier alpha value is -1.56. The lowest BCUT2D eigenvalue weighted by molar-refractivity contribution is -0.137. The van der Waals surface area contributed by atoms with Gasteiger partial charge in [0.05, 0.1) is 18.0 Å². The molecule has 0 radical (unpaired) electrons. The van der Waals surface area contributed by atoms with Crippen LogP contribution in [-0.2, 0) is 4.79 Å². The van der Waals surface area contributed by atoms with E-state index >= 15 is 0 Å².